The van der Waals surface area contributed by atoms with E-state index in [0.29, 0.717) is 5.82 Å². The Bertz CT molecular complexity index is 271. The molecule has 0 fully saturated rings. The first kappa shape index (κ1) is 10.6. The lowest BCUT2D eigenvalue weighted by Crippen LogP contribution is -2.29. The lowest BCUT2D eigenvalue weighted by Gasteiger charge is -2.15. The van der Waals surface area contributed by atoms with Crippen LogP contribution in [0.1, 0.15) is 25.6 Å². The van der Waals surface area contributed by atoms with Crippen molar-refractivity contribution in [1.29, 1.82) is 0 Å². The lowest BCUT2D eigenvalue weighted by molar-refractivity contribution is -0.129. The average molecular weight is 197 g/mol. The normalized spacial score (nSPS) is 10.1. The molecule has 14 heavy (non-hydrogen) atoms. The van der Waals surface area contributed by atoms with E-state index in [2.05, 4.69) is 27.5 Å². The summed E-state index contributed by atoms with van der Waals surface area (Å²) in [6.07, 6.45) is 2.32. The molecule has 0 bridgehead atoms. The van der Waals surface area contributed by atoms with Gasteiger partial charge in [0.15, 0.2) is 5.82 Å². The summed E-state index contributed by atoms with van der Waals surface area (Å²) in [5.41, 5.74) is 0. The van der Waals surface area contributed by atoms with Crippen LogP contribution in [0.4, 0.5) is 0 Å². The Labute approximate surface area is 82.7 Å². The predicted octanol–water partition coefficient (Wildman–Crippen LogP) is 0.000700. The minimum Gasteiger partial charge on any atom is -0.345 e. The Kier molecular flexibility index (Phi) is 4.03. The fraction of sp³-hybridized carbons (Fsp3) is 0.750. The number of H-pyrrole nitrogens is 1. The van der Waals surface area contributed by atoms with Crippen molar-refractivity contribution >= 4 is 5.91 Å². The van der Waals surface area contributed by atoms with Gasteiger partial charge in [-0.25, -0.2) is 0 Å². The van der Waals surface area contributed by atoms with Gasteiger partial charge in [0.05, 0.1) is 6.42 Å². The Morgan fingerprint density at radius 1 is 1.57 bits per heavy atom. The van der Waals surface area contributed by atoms with E-state index in [1.807, 2.05) is 0 Å². The van der Waals surface area contributed by atoms with E-state index in [0.717, 1.165) is 19.4 Å². The van der Waals surface area contributed by atoms with Gasteiger partial charge in [0, 0.05) is 13.6 Å². The van der Waals surface area contributed by atoms with Crippen LogP contribution in [0.5, 0.6) is 0 Å². The van der Waals surface area contributed by atoms with Crippen molar-refractivity contribution in [3.8, 4) is 0 Å². The van der Waals surface area contributed by atoms with Crippen LogP contribution >= 0.6 is 0 Å². The topological polar surface area (TPSA) is 74.8 Å². The standard InChI is InChI=1S/C8H15N5O/c1-3-4-5-13(2)8(14)6-7-9-11-12-10-7/h3-6H2,1-2H3,(H,9,10,11,12). The summed E-state index contributed by atoms with van der Waals surface area (Å²) in [6.45, 7) is 2.88. The van der Waals surface area contributed by atoms with Gasteiger partial charge in [-0.1, -0.05) is 18.6 Å². The van der Waals surface area contributed by atoms with Crippen molar-refractivity contribution in [3.05, 3.63) is 5.82 Å². The highest BCUT2D eigenvalue weighted by Gasteiger charge is 2.11. The second-order valence-electron chi connectivity index (χ2n) is 3.17. The number of carbonyl (C=O) groups is 1. The first-order chi connectivity index (χ1) is 6.74. The summed E-state index contributed by atoms with van der Waals surface area (Å²) < 4.78 is 0. The molecule has 0 spiro atoms. The predicted molar refractivity (Wildman–Crippen MR) is 50.4 cm³/mol. The first-order valence-corrected chi connectivity index (χ1v) is 4.70. The van der Waals surface area contributed by atoms with Crippen molar-refractivity contribution in [1.82, 2.24) is 25.5 Å². The number of unbranched alkanes of at least 4 members (excludes halogenated alkanes) is 1. The van der Waals surface area contributed by atoms with Gasteiger partial charge in [-0.15, -0.1) is 10.2 Å². The number of aromatic nitrogens is 4. The number of rotatable bonds is 5. The molecule has 0 unspecified atom stereocenters. The SMILES string of the molecule is CCCCN(C)C(=O)Cc1nn[nH]n1. The third-order valence-electron chi connectivity index (χ3n) is 1.97. The van der Waals surface area contributed by atoms with Crippen molar-refractivity contribution < 1.29 is 4.79 Å². The van der Waals surface area contributed by atoms with E-state index in [1.165, 1.54) is 0 Å². The molecule has 1 aromatic heterocycles. The Morgan fingerprint density at radius 3 is 2.93 bits per heavy atom. The van der Waals surface area contributed by atoms with Crippen LogP contribution in [0.3, 0.4) is 0 Å². The van der Waals surface area contributed by atoms with E-state index in [4.69, 9.17) is 0 Å². The van der Waals surface area contributed by atoms with Gasteiger partial charge < -0.3 is 4.90 Å². The molecule has 0 saturated carbocycles. The highest BCUT2D eigenvalue weighted by molar-refractivity contribution is 5.77. The van der Waals surface area contributed by atoms with Gasteiger partial charge in [-0.2, -0.15) is 5.21 Å². The average Bonchev–Trinajstić information content (AvgIpc) is 2.66. The molecular weight excluding hydrogens is 182 g/mol. The van der Waals surface area contributed by atoms with E-state index < -0.39 is 0 Å². The van der Waals surface area contributed by atoms with E-state index in [9.17, 15) is 4.79 Å². The summed E-state index contributed by atoms with van der Waals surface area (Å²) >= 11 is 0. The molecule has 0 radical (unpaired) electrons. The Hall–Kier alpha value is -1.46. The number of amides is 1. The number of hydrogen-bond donors (Lipinski definition) is 1. The molecule has 0 saturated heterocycles. The fourth-order valence-corrected chi connectivity index (χ4v) is 1.05. The number of nitrogens with one attached hydrogen (secondary N) is 1. The molecule has 1 aromatic rings. The fourth-order valence-electron chi connectivity index (χ4n) is 1.05. The van der Waals surface area contributed by atoms with E-state index >= 15 is 0 Å². The maximum atomic E-state index is 11.5. The number of hydrogen-bond acceptors (Lipinski definition) is 4. The van der Waals surface area contributed by atoms with Crippen LogP contribution in [-0.2, 0) is 11.2 Å². The molecule has 1 N–H and O–H groups in total. The van der Waals surface area contributed by atoms with Gasteiger partial charge in [0.1, 0.15) is 0 Å². The number of tetrazole rings is 1. The molecule has 0 aromatic carbocycles. The summed E-state index contributed by atoms with van der Waals surface area (Å²) in [6, 6.07) is 0. The molecule has 0 aliphatic rings. The second-order valence-corrected chi connectivity index (χ2v) is 3.17. The van der Waals surface area contributed by atoms with Crippen LogP contribution in [0.15, 0.2) is 0 Å². The van der Waals surface area contributed by atoms with Gasteiger partial charge in [-0.05, 0) is 6.42 Å². The van der Waals surface area contributed by atoms with E-state index in [-0.39, 0.29) is 12.3 Å². The molecule has 0 atom stereocenters. The van der Waals surface area contributed by atoms with Crippen molar-refractivity contribution in [2.45, 2.75) is 26.2 Å². The zero-order valence-electron chi connectivity index (χ0n) is 8.53. The van der Waals surface area contributed by atoms with Crippen LogP contribution in [0, 0.1) is 0 Å². The minimum atomic E-state index is 0.0276. The van der Waals surface area contributed by atoms with Gasteiger partial charge >= 0.3 is 0 Å². The van der Waals surface area contributed by atoms with Crippen LogP contribution in [-0.4, -0.2) is 45.0 Å². The molecule has 78 valence electrons. The summed E-state index contributed by atoms with van der Waals surface area (Å²) in [4.78, 5) is 13.2. The van der Waals surface area contributed by atoms with Crippen LogP contribution < -0.4 is 0 Å². The highest BCUT2D eigenvalue weighted by Crippen LogP contribution is 1.96. The largest absolute Gasteiger partial charge is 0.345 e. The number of aromatic amines is 1. The maximum absolute atomic E-state index is 11.5. The third-order valence-corrected chi connectivity index (χ3v) is 1.97. The lowest BCUT2D eigenvalue weighted by atomic mass is 10.3. The highest BCUT2D eigenvalue weighted by atomic mass is 16.2. The van der Waals surface area contributed by atoms with Gasteiger partial charge in [0.25, 0.3) is 0 Å². The van der Waals surface area contributed by atoms with E-state index in [1.54, 1.807) is 11.9 Å². The number of nitrogens with zero attached hydrogens (tertiary/aromatic N) is 4. The maximum Gasteiger partial charge on any atom is 0.230 e. The molecule has 6 nitrogen and oxygen atoms in total. The third kappa shape index (κ3) is 3.12. The molecule has 1 heterocycles. The molecule has 1 rings (SSSR count). The summed E-state index contributed by atoms with van der Waals surface area (Å²) in [5, 5.41) is 13.2. The number of carbonyl (C=O) groups excluding carboxylic acids is 1. The molecule has 6 heteroatoms. The van der Waals surface area contributed by atoms with Gasteiger partial charge in [-0.3, -0.25) is 4.79 Å². The number of likely N-dealkylation sites (N-methyl/N-ethyl adjacent to an activating group) is 1. The monoisotopic (exact) mass is 197 g/mol. The Morgan fingerprint density at radius 2 is 2.36 bits per heavy atom. The second kappa shape index (κ2) is 5.31. The molecule has 0 aliphatic heterocycles. The smallest absolute Gasteiger partial charge is 0.230 e. The zero-order chi connectivity index (χ0) is 10.4. The summed E-state index contributed by atoms with van der Waals surface area (Å²) in [7, 11) is 1.79. The van der Waals surface area contributed by atoms with Crippen molar-refractivity contribution in [3.63, 3.8) is 0 Å². The quantitative estimate of drug-likeness (QED) is 0.721. The minimum absolute atomic E-state index is 0.0276. The molecular formula is C8H15N5O. The molecule has 1 amide bonds. The van der Waals surface area contributed by atoms with Gasteiger partial charge in [0.2, 0.25) is 5.91 Å². The van der Waals surface area contributed by atoms with Crippen LogP contribution in [0.25, 0.3) is 0 Å². The summed E-state index contributed by atoms with van der Waals surface area (Å²) in [5.74, 6) is 0.471. The van der Waals surface area contributed by atoms with Crippen molar-refractivity contribution in [2.24, 2.45) is 0 Å². The Balaban J connectivity index is 2.34. The van der Waals surface area contributed by atoms with Crippen LogP contribution in [0.2, 0.25) is 0 Å². The zero-order valence-corrected chi connectivity index (χ0v) is 8.53. The molecule has 0 aliphatic carbocycles. The van der Waals surface area contributed by atoms with Crippen molar-refractivity contribution in [2.75, 3.05) is 13.6 Å². The first-order valence-electron chi connectivity index (χ1n) is 4.70.